The number of rotatable bonds is 6. The molecule has 0 saturated heterocycles. The molecule has 0 radical (unpaired) electrons. The fourth-order valence-electron chi connectivity index (χ4n) is 2.70. The first-order valence-corrected chi connectivity index (χ1v) is 9.25. The average molecular weight is 380 g/mol. The zero-order valence-electron chi connectivity index (χ0n) is 15.1. The summed E-state index contributed by atoms with van der Waals surface area (Å²) in [7, 11) is 0. The Morgan fingerprint density at radius 2 is 1.63 bits per heavy atom. The molecule has 0 atom stereocenters. The third-order valence-electron chi connectivity index (χ3n) is 4.22. The maximum absolute atomic E-state index is 12.2. The second kappa shape index (κ2) is 8.05. The van der Waals surface area contributed by atoms with Crippen LogP contribution in [0.4, 0.5) is 5.00 Å². The van der Waals surface area contributed by atoms with Crippen LogP contribution in [0.1, 0.15) is 20.8 Å². The first-order valence-electron chi connectivity index (χ1n) is 8.43. The van der Waals surface area contributed by atoms with Crippen LogP contribution in [0.15, 0.2) is 54.6 Å². The predicted molar refractivity (Wildman–Crippen MR) is 108 cm³/mol. The van der Waals surface area contributed by atoms with E-state index in [-0.39, 0.29) is 12.5 Å². The van der Waals surface area contributed by atoms with Crippen molar-refractivity contribution in [3.8, 4) is 16.9 Å². The molecule has 3 N–H and O–H groups in total. The zero-order valence-corrected chi connectivity index (χ0v) is 15.9. The lowest BCUT2D eigenvalue weighted by Crippen LogP contribution is -2.22. The number of amides is 2. The molecule has 27 heavy (non-hydrogen) atoms. The Morgan fingerprint density at radius 1 is 1.00 bits per heavy atom. The Hall–Kier alpha value is -3.12. The normalized spacial score (nSPS) is 10.4. The van der Waals surface area contributed by atoms with Crippen LogP contribution in [0, 0.1) is 13.8 Å². The fourth-order valence-corrected chi connectivity index (χ4v) is 3.78. The molecular weight excluding hydrogens is 360 g/mol. The van der Waals surface area contributed by atoms with Crippen molar-refractivity contribution in [3.63, 3.8) is 0 Å². The largest absolute Gasteiger partial charge is 0.484 e. The van der Waals surface area contributed by atoms with E-state index in [1.807, 2.05) is 68.4 Å². The van der Waals surface area contributed by atoms with Crippen molar-refractivity contribution < 1.29 is 14.3 Å². The molecular formula is C21H20N2O3S. The number of hydrogen-bond acceptors (Lipinski definition) is 4. The van der Waals surface area contributed by atoms with Crippen molar-refractivity contribution in [2.75, 3.05) is 11.9 Å². The Bertz CT molecular complexity index is 963. The number of carbonyl (C=O) groups is 2. The van der Waals surface area contributed by atoms with Crippen molar-refractivity contribution >= 4 is 28.2 Å². The van der Waals surface area contributed by atoms with Crippen molar-refractivity contribution in [2.24, 2.45) is 5.73 Å². The second-order valence-electron chi connectivity index (χ2n) is 6.08. The Balaban J connectivity index is 1.61. The average Bonchev–Trinajstić information content (AvgIpc) is 2.94. The molecule has 1 heterocycles. The van der Waals surface area contributed by atoms with E-state index < -0.39 is 5.91 Å². The van der Waals surface area contributed by atoms with Crippen LogP contribution in [0.2, 0.25) is 0 Å². The SMILES string of the molecule is Cc1sc(NC(=O)COc2ccc(-c3ccccc3)cc2)c(C(N)=O)c1C. The highest BCUT2D eigenvalue weighted by atomic mass is 32.1. The lowest BCUT2D eigenvalue weighted by molar-refractivity contribution is -0.118. The minimum atomic E-state index is -0.551. The van der Waals surface area contributed by atoms with Gasteiger partial charge in [0.15, 0.2) is 6.61 Å². The van der Waals surface area contributed by atoms with Crippen LogP contribution < -0.4 is 15.8 Å². The van der Waals surface area contributed by atoms with Crippen molar-refractivity contribution in [2.45, 2.75) is 13.8 Å². The van der Waals surface area contributed by atoms with Gasteiger partial charge in [0, 0.05) is 4.88 Å². The van der Waals surface area contributed by atoms with Gasteiger partial charge in [-0.3, -0.25) is 9.59 Å². The molecule has 0 saturated carbocycles. The number of anilines is 1. The number of hydrogen-bond donors (Lipinski definition) is 2. The smallest absolute Gasteiger partial charge is 0.262 e. The summed E-state index contributed by atoms with van der Waals surface area (Å²) in [6.45, 7) is 3.54. The standard InChI is InChI=1S/C21H20N2O3S/c1-13-14(2)27-21(19(13)20(22)25)23-18(24)12-26-17-10-8-16(9-11-17)15-6-4-3-5-7-15/h3-11H,12H2,1-2H3,(H2,22,25)(H,23,24). The number of nitrogens with one attached hydrogen (secondary N) is 1. The Kier molecular flexibility index (Phi) is 5.57. The minimum absolute atomic E-state index is 0.154. The number of ether oxygens (including phenoxy) is 1. The van der Waals surface area contributed by atoms with Gasteiger partial charge >= 0.3 is 0 Å². The highest BCUT2D eigenvalue weighted by Crippen LogP contribution is 2.32. The fraction of sp³-hybridized carbons (Fsp3) is 0.143. The summed E-state index contributed by atoms with van der Waals surface area (Å²) in [4.78, 5) is 24.7. The van der Waals surface area contributed by atoms with Gasteiger partial charge in [-0.15, -0.1) is 11.3 Å². The molecule has 1 aromatic heterocycles. The van der Waals surface area contributed by atoms with Crippen LogP contribution in [0.5, 0.6) is 5.75 Å². The number of thiophene rings is 1. The lowest BCUT2D eigenvalue weighted by atomic mass is 10.1. The van der Waals surface area contributed by atoms with E-state index >= 15 is 0 Å². The van der Waals surface area contributed by atoms with Gasteiger partial charge in [0.2, 0.25) is 0 Å². The molecule has 3 aromatic rings. The first-order chi connectivity index (χ1) is 13.0. The molecule has 5 nitrogen and oxygen atoms in total. The van der Waals surface area contributed by atoms with Gasteiger partial charge in [-0.2, -0.15) is 0 Å². The first kappa shape index (κ1) is 18.7. The molecule has 0 fully saturated rings. The minimum Gasteiger partial charge on any atom is -0.484 e. The molecule has 0 bridgehead atoms. The van der Waals surface area contributed by atoms with E-state index in [0.29, 0.717) is 16.3 Å². The topological polar surface area (TPSA) is 81.4 Å². The lowest BCUT2D eigenvalue weighted by Gasteiger charge is -2.08. The van der Waals surface area contributed by atoms with Gasteiger partial charge in [0.1, 0.15) is 10.8 Å². The van der Waals surface area contributed by atoms with E-state index in [4.69, 9.17) is 10.5 Å². The van der Waals surface area contributed by atoms with Crippen LogP contribution in [0.25, 0.3) is 11.1 Å². The maximum Gasteiger partial charge on any atom is 0.262 e. The molecule has 0 aliphatic heterocycles. The van der Waals surface area contributed by atoms with E-state index in [0.717, 1.165) is 21.6 Å². The van der Waals surface area contributed by atoms with E-state index in [9.17, 15) is 9.59 Å². The number of nitrogens with two attached hydrogens (primary N) is 1. The number of aryl methyl sites for hydroxylation is 1. The molecule has 3 rings (SSSR count). The summed E-state index contributed by atoms with van der Waals surface area (Å²) in [5.74, 6) is -0.297. The quantitative estimate of drug-likeness (QED) is 0.674. The highest BCUT2D eigenvalue weighted by molar-refractivity contribution is 7.16. The summed E-state index contributed by atoms with van der Waals surface area (Å²) in [5, 5.41) is 3.18. The summed E-state index contributed by atoms with van der Waals surface area (Å²) in [5.41, 5.74) is 8.76. The molecule has 6 heteroatoms. The predicted octanol–water partition coefficient (Wildman–Crippen LogP) is 4.15. The third-order valence-corrected chi connectivity index (χ3v) is 5.34. The van der Waals surface area contributed by atoms with Gasteiger partial charge in [-0.05, 0) is 42.7 Å². The van der Waals surface area contributed by atoms with E-state index in [1.165, 1.54) is 11.3 Å². The molecule has 0 spiro atoms. The van der Waals surface area contributed by atoms with Gasteiger partial charge in [-0.1, -0.05) is 42.5 Å². The van der Waals surface area contributed by atoms with Crippen molar-refractivity contribution in [1.82, 2.24) is 0 Å². The molecule has 0 unspecified atom stereocenters. The van der Waals surface area contributed by atoms with Crippen molar-refractivity contribution in [3.05, 3.63) is 70.6 Å². The molecule has 2 amide bonds. The number of primary amides is 1. The van der Waals surface area contributed by atoms with Gasteiger partial charge in [0.05, 0.1) is 5.56 Å². The van der Waals surface area contributed by atoms with Crippen LogP contribution in [0.3, 0.4) is 0 Å². The Labute approximate surface area is 161 Å². The highest BCUT2D eigenvalue weighted by Gasteiger charge is 2.19. The summed E-state index contributed by atoms with van der Waals surface area (Å²) < 4.78 is 5.54. The molecule has 138 valence electrons. The van der Waals surface area contributed by atoms with Crippen LogP contribution >= 0.6 is 11.3 Å². The summed E-state index contributed by atoms with van der Waals surface area (Å²) >= 11 is 1.33. The van der Waals surface area contributed by atoms with Crippen LogP contribution in [-0.2, 0) is 4.79 Å². The molecule has 0 aliphatic carbocycles. The number of carbonyl (C=O) groups excluding carboxylic acids is 2. The van der Waals surface area contributed by atoms with Crippen LogP contribution in [-0.4, -0.2) is 18.4 Å². The molecule has 0 aliphatic rings. The zero-order chi connectivity index (χ0) is 19.4. The van der Waals surface area contributed by atoms with Crippen molar-refractivity contribution in [1.29, 1.82) is 0 Å². The second-order valence-corrected chi connectivity index (χ2v) is 7.30. The van der Waals surface area contributed by atoms with Gasteiger partial charge in [0.25, 0.3) is 11.8 Å². The maximum atomic E-state index is 12.2. The Morgan fingerprint density at radius 3 is 2.26 bits per heavy atom. The van der Waals surface area contributed by atoms with E-state index in [2.05, 4.69) is 5.32 Å². The van der Waals surface area contributed by atoms with Gasteiger partial charge < -0.3 is 15.8 Å². The third kappa shape index (κ3) is 4.35. The number of benzene rings is 2. The molecule has 2 aromatic carbocycles. The van der Waals surface area contributed by atoms with E-state index in [1.54, 1.807) is 0 Å². The summed E-state index contributed by atoms with van der Waals surface area (Å²) in [6.07, 6.45) is 0. The van der Waals surface area contributed by atoms with Gasteiger partial charge in [-0.25, -0.2) is 0 Å². The summed E-state index contributed by atoms with van der Waals surface area (Å²) in [6, 6.07) is 17.5. The monoisotopic (exact) mass is 380 g/mol.